The Hall–Kier alpha value is -1.86. The second kappa shape index (κ2) is 10.4. The smallest absolute Gasteiger partial charge is 0.246 e. The van der Waals surface area contributed by atoms with Gasteiger partial charge in [0, 0.05) is 30.9 Å². The predicted octanol–water partition coefficient (Wildman–Crippen LogP) is 3.12. The van der Waals surface area contributed by atoms with E-state index in [1.54, 1.807) is 0 Å². The van der Waals surface area contributed by atoms with Gasteiger partial charge in [0.2, 0.25) is 5.91 Å². The van der Waals surface area contributed by atoms with Crippen LogP contribution in [0.2, 0.25) is 0 Å². The fourth-order valence-corrected chi connectivity index (χ4v) is 5.73. The molecule has 2 aliphatic rings. The average Bonchev–Trinajstić information content (AvgIpc) is 3.30. The predicted molar refractivity (Wildman–Crippen MR) is 121 cm³/mol. The zero-order valence-electron chi connectivity index (χ0n) is 17.3. The van der Waals surface area contributed by atoms with Crippen molar-refractivity contribution in [1.82, 2.24) is 10.2 Å². The molecule has 2 aromatic rings. The Labute approximate surface area is 183 Å². The summed E-state index contributed by atoms with van der Waals surface area (Å²) in [5.41, 5.74) is 2.14. The second-order valence-electron chi connectivity index (χ2n) is 7.92. The third-order valence-electron chi connectivity index (χ3n) is 5.96. The maximum Gasteiger partial charge on any atom is 0.246 e. The van der Waals surface area contributed by atoms with Crippen LogP contribution in [-0.2, 0) is 14.3 Å². The molecule has 0 spiro atoms. The lowest BCUT2D eigenvalue weighted by Crippen LogP contribution is -2.59. The van der Waals surface area contributed by atoms with E-state index in [2.05, 4.69) is 10.2 Å². The van der Waals surface area contributed by atoms with Crippen LogP contribution in [0.25, 0.3) is 0 Å². The Balaban J connectivity index is 1.36. The Kier molecular flexibility index (Phi) is 7.44. The molecule has 2 heterocycles. The van der Waals surface area contributed by atoms with Crippen LogP contribution in [0.1, 0.15) is 23.7 Å². The van der Waals surface area contributed by atoms with Gasteiger partial charge in [-0.2, -0.15) is 11.8 Å². The standard InChI is InChI=1S/C24H30N2O3S/c27-22(25-18-24(11-16-30-19-24)26-12-14-28-15-13-26)17-29-23(20-7-3-1-4-8-20)21-9-5-2-6-10-21/h1-10,23H,11-19H2,(H,25,27)/t24-/m1/s1. The molecule has 0 aromatic heterocycles. The minimum absolute atomic E-state index is 0.0424. The Bertz CT molecular complexity index is 751. The van der Waals surface area contributed by atoms with E-state index in [1.165, 1.54) is 0 Å². The molecule has 2 aromatic carbocycles. The van der Waals surface area contributed by atoms with Gasteiger partial charge in [0.1, 0.15) is 12.7 Å². The monoisotopic (exact) mass is 426 g/mol. The minimum Gasteiger partial charge on any atom is -0.379 e. The normalized spacial score (nSPS) is 22.3. The molecule has 0 aliphatic carbocycles. The molecule has 1 atom stereocenters. The molecule has 1 amide bonds. The van der Waals surface area contributed by atoms with Crippen molar-refractivity contribution in [2.45, 2.75) is 18.1 Å². The fraction of sp³-hybridized carbons (Fsp3) is 0.458. The van der Waals surface area contributed by atoms with Crippen molar-refractivity contribution in [3.63, 3.8) is 0 Å². The van der Waals surface area contributed by atoms with Crippen molar-refractivity contribution in [1.29, 1.82) is 0 Å². The number of thioether (sulfide) groups is 1. The summed E-state index contributed by atoms with van der Waals surface area (Å²) in [7, 11) is 0. The number of hydrogen-bond donors (Lipinski definition) is 1. The van der Waals surface area contributed by atoms with Crippen LogP contribution in [0.4, 0.5) is 0 Å². The maximum atomic E-state index is 12.7. The van der Waals surface area contributed by atoms with Crippen LogP contribution in [0.15, 0.2) is 60.7 Å². The summed E-state index contributed by atoms with van der Waals surface area (Å²) in [6.45, 7) is 4.15. The molecule has 1 N–H and O–H groups in total. The molecule has 6 heteroatoms. The van der Waals surface area contributed by atoms with Gasteiger partial charge in [0.25, 0.3) is 0 Å². The molecule has 2 aliphatic heterocycles. The van der Waals surface area contributed by atoms with Crippen molar-refractivity contribution in [3.8, 4) is 0 Å². The van der Waals surface area contributed by atoms with Gasteiger partial charge in [-0.05, 0) is 23.3 Å². The zero-order chi connectivity index (χ0) is 20.7. The van der Waals surface area contributed by atoms with Gasteiger partial charge < -0.3 is 14.8 Å². The number of morpholine rings is 1. The number of carbonyl (C=O) groups is 1. The number of nitrogens with one attached hydrogen (secondary N) is 1. The van der Waals surface area contributed by atoms with E-state index in [9.17, 15) is 4.79 Å². The van der Waals surface area contributed by atoms with Gasteiger partial charge in [-0.15, -0.1) is 0 Å². The summed E-state index contributed by atoms with van der Waals surface area (Å²) in [5.74, 6) is 2.15. The van der Waals surface area contributed by atoms with Gasteiger partial charge in [0.15, 0.2) is 0 Å². The first-order valence-corrected chi connectivity index (χ1v) is 11.8. The quantitative estimate of drug-likeness (QED) is 0.703. The zero-order valence-corrected chi connectivity index (χ0v) is 18.1. The highest BCUT2D eigenvalue weighted by Gasteiger charge is 2.40. The second-order valence-corrected chi connectivity index (χ2v) is 9.02. The third kappa shape index (κ3) is 5.24. The van der Waals surface area contributed by atoms with Crippen molar-refractivity contribution >= 4 is 17.7 Å². The van der Waals surface area contributed by atoms with Crippen LogP contribution in [0, 0.1) is 0 Å². The van der Waals surface area contributed by atoms with E-state index in [1.807, 2.05) is 72.4 Å². The number of carbonyl (C=O) groups excluding carboxylic acids is 1. The molecule has 4 rings (SSSR count). The van der Waals surface area contributed by atoms with E-state index >= 15 is 0 Å². The van der Waals surface area contributed by atoms with Gasteiger partial charge in [0.05, 0.1) is 13.2 Å². The number of amides is 1. The molecule has 2 saturated heterocycles. The van der Waals surface area contributed by atoms with Crippen molar-refractivity contribution < 1.29 is 14.3 Å². The number of ether oxygens (including phenoxy) is 2. The van der Waals surface area contributed by atoms with E-state index in [0.29, 0.717) is 6.54 Å². The number of hydrogen-bond acceptors (Lipinski definition) is 5. The van der Waals surface area contributed by atoms with Crippen LogP contribution in [0.3, 0.4) is 0 Å². The highest BCUT2D eigenvalue weighted by atomic mass is 32.2. The SMILES string of the molecule is O=C(COC(c1ccccc1)c1ccccc1)NC[C@]1(N2CCOCC2)CCSC1. The maximum absolute atomic E-state index is 12.7. The third-order valence-corrected chi connectivity index (χ3v) is 7.20. The molecule has 0 bridgehead atoms. The molecule has 2 fully saturated rings. The summed E-state index contributed by atoms with van der Waals surface area (Å²) >= 11 is 1.97. The van der Waals surface area contributed by atoms with Gasteiger partial charge in [-0.25, -0.2) is 0 Å². The van der Waals surface area contributed by atoms with Crippen LogP contribution >= 0.6 is 11.8 Å². The molecule has 30 heavy (non-hydrogen) atoms. The van der Waals surface area contributed by atoms with Crippen LogP contribution in [0.5, 0.6) is 0 Å². The fourth-order valence-electron chi connectivity index (χ4n) is 4.25. The van der Waals surface area contributed by atoms with Crippen molar-refractivity contribution in [3.05, 3.63) is 71.8 Å². The summed E-state index contributed by atoms with van der Waals surface area (Å²) in [6, 6.07) is 20.1. The van der Waals surface area contributed by atoms with Crippen molar-refractivity contribution in [2.75, 3.05) is 51.0 Å². The lowest BCUT2D eigenvalue weighted by molar-refractivity contribution is -0.127. The van der Waals surface area contributed by atoms with E-state index < -0.39 is 0 Å². The van der Waals surface area contributed by atoms with Gasteiger partial charge in [-0.1, -0.05) is 60.7 Å². The molecule has 160 valence electrons. The number of nitrogens with zero attached hydrogens (tertiary/aromatic N) is 1. The minimum atomic E-state index is -0.256. The topological polar surface area (TPSA) is 50.8 Å². The molecular formula is C24H30N2O3S. The molecule has 0 unspecified atom stereocenters. The van der Waals surface area contributed by atoms with Crippen molar-refractivity contribution in [2.24, 2.45) is 0 Å². The largest absolute Gasteiger partial charge is 0.379 e. The summed E-state index contributed by atoms with van der Waals surface area (Å²) in [5, 5.41) is 3.16. The van der Waals surface area contributed by atoms with E-state index in [4.69, 9.17) is 9.47 Å². The average molecular weight is 427 g/mol. The van der Waals surface area contributed by atoms with E-state index in [-0.39, 0.29) is 24.2 Å². The highest BCUT2D eigenvalue weighted by molar-refractivity contribution is 7.99. The Morgan fingerprint density at radius 2 is 1.70 bits per heavy atom. The first-order valence-electron chi connectivity index (χ1n) is 10.7. The summed E-state index contributed by atoms with van der Waals surface area (Å²) in [4.78, 5) is 15.2. The molecule has 0 radical (unpaired) electrons. The van der Waals surface area contributed by atoms with E-state index in [0.717, 1.165) is 55.4 Å². The molecule has 0 saturated carbocycles. The lowest BCUT2D eigenvalue weighted by Gasteiger charge is -2.43. The first kappa shape index (κ1) is 21.4. The van der Waals surface area contributed by atoms with Crippen LogP contribution in [-0.4, -0.2) is 67.3 Å². The molecular weight excluding hydrogens is 396 g/mol. The first-order chi connectivity index (χ1) is 14.8. The number of benzene rings is 2. The van der Waals surface area contributed by atoms with Gasteiger partial charge in [-0.3, -0.25) is 9.69 Å². The molecule has 5 nitrogen and oxygen atoms in total. The van der Waals surface area contributed by atoms with Crippen LogP contribution < -0.4 is 5.32 Å². The van der Waals surface area contributed by atoms with Gasteiger partial charge >= 0.3 is 0 Å². The summed E-state index contributed by atoms with van der Waals surface area (Å²) in [6.07, 6.45) is 0.850. The Morgan fingerprint density at radius 1 is 1.07 bits per heavy atom. The summed E-state index contributed by atoms with van der Waals surface area (Å²) < 4.78 is 11.6. The Morgan fingerprint density at radius 3 is 2.27 bits per heavy atom. The number of rotatable bonds is 8. The highest BCUT2D eigenvalue weighted by Crippen LogP contribution is 2.33. The lowest BCUT2D eigenvalue weighted by atomic mass is 9.95.